The molecule has 0 saturated heterocycles. The number of H-pyrrole nitrogens is 1. The Morgan fingerprint density at radius 3 is 1.69 bits per heavy atom. The Kier molecular flexibility index (Phi) is 5.51. The summed E-state index contributed by atoms with van der Waals surface area (Å²) >= 11 is 0. The zero-order valence-electron chi connectivity index (χ0n) is 26.0. The van der Waals surface area contributed by atoms with Gasteiger partial charge in [-0.2, -0.15) is 0 Å². The normalized spacial score (nSPS) is 19.0. The van der Waals surface area contributed by atoms with Crippen molar-refractivity contribution in [1.82, 2.24) is 4.98 Å². The summed E-state index contributed by atoms with van der Waals surface area (Å²) in [5.74, 6) is 2.01. The molecule has 6 heteroatoms. The summed E-state index contributed by atoms with van der Waals surface area (Å²) < 4.78 is 0. The molecule has 0 saturated carbocycles. The summed E-state index contributed by atoms with van der Waals surface area (Å²) in [5, 5.41) is 2.05. The second kappa shape index (κ2) is 8.66. The van der Waals surface area contributed by atoms with Crippen LogP contribution in [0, 0.1) is 0 Å². The van der Waals surface area contributed by atoms with Gasteiger partial charge in [0.1, 0.15) is 11.0 Å². The minimum Gasteiger partial charge on any atom is -0.324 e. The van der Waals surface area contributed by atoms with Crippen LogP contribution in [0.2, 0.25) is 0 Å². The fourth-order valence-electron chi connectivity index (χ4n) is 5.84. The van der Waals surface area contributed by atoms with Gasteiger partial charge in [-0.3, -0.25) is 0 Å². The predicted octanol–water partition coefficient (Wildman–Crippen LogP) is 6.98. The van der Waals surface area contributed by atoms with Crippen molar-refractivity contribution in [2.24, 2.45) is 25.0 Å². The Bertz CT molecular complexity index is 2030. The molecule has 3 aromatic carbocycles. The van der Waals surface area contributed by atoms with Gasteiger partial charge in [-0.05, 0) is 51.1 Å². The fraction of sp³-hybridized carbons (Fsp3) is 0.361. The molecular weight excluding hydrogens is 516 g/mol. The number of fused-ring (bicyclic) bond motifs is 13. The topological polar surface area (TPSA) is 77.6 Å². The van der Waals surface area contributed by atoms with Crippen LogP contribution in [0.1, 0.15) is 107 Å². The molecule has 3 aliphatic rings. The first-order valence-corrected chi connectivity index (χ1v) is 14.8. The minimum absolute atomic E-state index is 0.00529. The number of rotatable bonds is 0. The summed E-state index contributed by atoms with van der Waals surface area (Å²) in [4.78, 5) is 29.2. The molecule has 0 aliphatic carbocycles. The minimum atomic E-state index is -0.426. The maximum absolute atomic E-state index is 5.18. The van der Waals surface area contributed by atoms with Gasteiger partial charge in [0, 0.05) is 33.0 Å². The first-order valence-electron chi connectivity index (χ1n) is 14.8. The zero-order valence-corrected chi connectivity index (χ0v) is 26.0. The molecule has 1 aromatic heterocycles. The molecule has 7 rings (SSSR count). The molecule has 212 valence electrons. The maximum Gasteiger partial charge on any atom is 0.170 e. The Morgan fingerprint density at radius 2 is 1.02 bits per heavy atom. The second-order valence-electron chi connectivity index (χ2n) is 14.8. The fourth-order valence-corrected chi connectivity index (χ4v) is 5.84. The molecule has 6 nitrogen and oxygen atoms in total. The predicted molar refractivity (Wildman–Crippen MR) is 172 cm³/mol. The number of aromatic nitrogens is 1. The van der Waals surface area contributed by atoms with E-state index in [0.717, 1.165) is 44.0 Å². The zero-order chi connectivity index (χ0) is 29.8. The lowest BCUT2D eigenvalue weighted by molar-refractivity contribution is 0.589. The van der Waals surface area contributed by atoms with E-state index in [9.17, 15) is 0 Å². The van der Waals surface area contributed by atoms with Crippen LogP contribution >= 0.6 is 0 Å². The number of nitrogens with zero attached hydrogens (tertiary/aromatic N) is 5. The van der Waals surface area contributed by atoms with Crippen LogP contribution in [0.15, 0.2) is 79.6 Å². The van der Waals surface area contributed by atoms with E-state index in [-0.39, 0.29) is 16.2 Å². The van der Waals surface area contributed by atoms with Crippen molar-refractivity contribution in [2.75, 3.05) is 0 Å². The molecule has 4 aromatic rings. The molecule has 1 atom stereocenters. The van der Waals surface area contributed by atoms with E-state index in [1.165, 1.54) is 16.7 Å². The molecule has 1 unspecified atom stereocenters. The SMILES string of the molecule is CC(C)(C)c1ccc2c(c1)C1=NC2/N=C2\N=C(N=c3[nH]c(c4ccc(C(C)(C)C)cc34)=N1)c1ccc(C(C)(C)C)cc12. The van der Waals surface area contributed by atoms with Crippen molar-refractivity contribution in [1.29, 1.82) is 0 Å². The van der Waals surface area contributed by atoms with Crippen molar-refractivity contribution in [3.63, 3.8) is 0 Å². The van der Waals surface area contributed by atoms with Crippen LogP contribution in [0.4, 0.5) is 0 Å². The third-order valence-corrected chi connectivity index (χ3v) is 8.57. The number of amidine groups is 3. The maximum atomic E-state index is 5.18. The summed E-state index contributed by atoms with van der Waals surface area (Å²) in [6.45, 7) is 20.1. The molecule has 6 bridgehead atoms. The second-order valence-corrected chi connectivity index (χ2v) is 14.8. The first-order chi connectivity index (χ1) is 19.7. The van der Waals surface area contributed by atoms with Gasteiger partial charge in [0.25, 0.3) is 0 Å². The van der Waals surface area contributed by atoms with Crippen molar-refractivity contribution in [3.8, 4) is 0 Å². The Labute approximate surface area is 247 Å². The highest BCUT2D eigenvalue weighted by Crippen LogP contribution is 2.37. The van der Waals surface area contributed by atoms with Gasteiger partial charge in [-0.25, -0.2) is 25.0 Å². The van der Waals surface area contributed by atoms with Gasteiger partial charge < -0.3 is 4.98 Å². The van der Waals surface area contributed by atoms with Crippen molar-refractivity contribution in [3.05, 3.63) is 105 Å². The summed E-state index contributed by atoms with van der Waals surface area (Å²) in [7, 11) is 0. The quantitative estimate of drug-likeness (QED) is 0.243. The molecule has 0 radical (unpaired) electrons. The third kappa shape index (κ3) is 4.27. The summed E-state index contributed by atoms with van der Waals surface area (Å²) in [6.07, 6.45) is -0.426. The Hall–Kier alpha value is -4.19. The molecule has 42 heavy (non-hydrogen) atoms. The van der Waals surface area contributed by atoms with E-state index in [2.05, 4.69) is 122 Å². The van der Waals surface area contributed by atoms with Crippen LogP contribution < -0.4 is 11.0 Å². The van der Waals surface area contributed by atoms with E-state index in [4.69, 9.17) is 25.0 Å². The van der Waals surface area contributed by atoms with Gasteiger partial charge in [0.05, 0.1) is 0 Å². The lowest BCUT2D eigenvalue weighted by Gasteiger charge is -2.20. The van der Waals surface area contributed by atoms with Crippen LogP contribution in [-0.2, 0) is 16.2 Å². The lowest BCUT2D eigenvalue weighted by atomic mass is 9.85. The van der Waals surface area contributed by atoms with E-state index in [1.807, 2.05) is 0 Å². The molecule has 0 fully saturated rings. The van der Waals surface area contributed by atoms with Crippen LogP contribution in [-0.4, -0.2) is 22.5 Å². The number of hydrogen-bond donors (Lipinski definition) is 1. The molecule has 3 aliphatic heterocycles. The molecule has 4 heterocycles. The standard InChI is InChI=1S/C36H38N6/c1-34(2,3)19-10-13-22-25(16-19)31-37-28(22)41-32-27-18-21(36(7,8)9)12-15-24(27)30(39-32)42-33-26-17-20(35(4,5)6)11-14-23(26)29(38-33)40-31/h10-18,28H,1-9H3,(H,37,38,39,40,41,42). The van der Waals surface area contributed by atoms with E-state index < -0.39 is 6.17 Å². The molecular formula is C36H38N6. The Morgan fingerprint density at radius 1 is 0.500 bits per heavy atom. The monoisotopic (exact) mass is 554 g/mol. The number of benzene rings is 3. The van der Waals surface area contributed by atoms with Crippen LogP contribution in [0.5, 0.6) is 0 Å². The van der Waals surface area contributed by atoms with Gasteiger partial charge >= 0.3 is 0 Å². The average molecular weight is 555 g/mol. The highest BCUT2D eigenvalue weighted by molar-refractivity contribution is 6.23. The van der Waals surface area contributed by atoms with Gasteiger partial charge in [-0.1, -0.05) is 98.7 Å². The first kappa shape index (κ1) is 26.7. The van der Waals surface area contributed by atoms with E-state index in [1.54, 1.807) is 0 Å². The van der Waals surface area contributed by atoms with E-state index >= 15 is 0 Å². The van der Waals surface area contributed by atoms with Crippen molar-refractivity contribution < 1.29 is 0 Å². The number of nitrogens with one attached hydrogen (secondary N) is 1. The van der Waals surface area contributed by atoms with Gasteiger partial charge in [0.2, 0.25) is 0 Å². The molecule has 0 amide bonds. The van der Waals surface area contributed by atoms with Crippen LogP contribution in [0.3, 0.4) is 0 Å². The third-order valence-electron chi connectivity index (χ3n) is 8.57. The number of aromatic amines is 1. The molecule has 1 N–H and O–H groups in total. The lowest BCUT2D eigenvalue weighted by Crippen LogP contribution is -2.16. The average Bonchev–Trinajstić information content (AvgIpc) is 3.54. The van der Waals surface area contributed by atoms with Gasteiger partial charge in [-0.15, -0.1) is 0 Å². The number of hydrogen-bond acceptors (Lipinski definition) is 5. The highest BCUT2D eigenvalue weighted by Gasteiger charge is 2.31. The Balaban J connectivity index is 1.57. The van der Waals surface area contributed by atoms with Crippen molar-refractivity contribution >= 4 is 28.3 Å². The smallest absolute Gasteiger partial charge is 0.170 e. The van der Waals surface area contributed by atoms with Gasteiger partial charge in [0.15, 0.2) is 23.7 Å². The largest absolute Gasteiger partial charge is 0.324 e. The summed E-state index contributed by atoms with van der Waals surface area (Å²) in [5.41, 5.74) is 9.26. The molecule has 0 spiro atoms. The highest BCUT2D eigenvalue weighted by atomic mass is 15.1. The van der Waals surface area contributed by atoms with Crippen molar-refractivity contribution in [2.45, 2.75) is 84.7 Å². The summed E-state index contributed by atoms with van der Waals surface area (Å²) in [6, 6.07) is 19.7. The van der Waals surface area contributed by atoms with Crippen LogP contribution in [0.25, 0.3) is 10.8 Å². The number of aliphatic imine (C=N–C) groups is 3. The van der Waals surface area contributed by atoms with E-state index in [0.29, 0.717) is 17.5 Å².